The van der Waals surface area contributed by atoms with Crippen molar-refractivity contribution in [1.82, 2.24) is 35.3 Å². The fourth-order valence-electron chi connectivity index (χ4n) is 4.04. The topological polar surface area (TPSA) is 148 Å². The average Bonchev–Trinajstić information content (AvgIpc) is 3.28. The summed E-state index contributed by atoms with van der Waals surface area (Å²) < 4.78 is 1.67. The number of nitrogens with zero attached hydrogens (tertiary/aromatic N) is 7. The Labute approximate surface area is 212 Å². The van der Waals surface area contributed by atoms with Gasteiger partial charge in [0.05, 0.1) is 28.1 Å². The van der Waals surface area contributed by atoms with E-state index in [-0.39, 0.29) is 17.2 Å². The third-order valence-corrected chi connectivity index (χ3v) is 6.00. The molecule has 10 nitrogen and oxygen atoms in total. The van der Waals surface area contributed by atoms with Gasteiger partial charge in [-0.2, -0.15) is 5.26 Å². The fourth-order valence-corrected chi connectivity index (χ4v) is 4.04. The number of anilines is 1. The van der Waals surface area contributed by atoms with Crippen LogP contribution in [0.15, 0.2) is 66.7 Å². The Morgan fingerprint density at radius 3 is 2.49 bits per heavy atom. The maximum Gasteiger partial charge on any atom is 0.274 e. The predicted molar refractivity (Wildman–Crippen MR) is 139 cm³/mol. The van der Waals surface area contributed by atoms with Crippen LogP contribution in [0, 0.1) is 11.3 Å². The molecule has 2 aromatic carbocycles. The SMILES string of the molecule is Cn1nnc2ccc(-c3nc(C(=O)NC(C)(C)c4cccc(C#N)n4)c(N)nc3-c3ccccc3)cc21. The minimum atomic E-state index is -0.907. The van der Waals surface area contributed by atoms with Gasteiger partial charge >= 0.3 is 0 Å². The summed E-state index contributed by atoms with van der Waals surface area (Å²) in [6.45, 7) is 3.58. The number of hydrogen-bond acceptors (Lipinski definition) is 8. The van der Waals surface area contributed by atoms with Gasteiger partial charge in [-0.15, -0.1) is 5.10 Å². The number of aryl methyl sites for hydroxylation is 1. The van der Waals surface area contributed by atoms with Crippen molar-refractivity contribution in [3.63, 3.8) is 0 Å². The van der Waals surface area contributed by atoms with Crippen LogP contribution < -0.4 is 11.1 Å². The quantitative estimate of drug-likeness (QED) is 0.380. The van der Waals surface area contributed by atoms with Crippen LogP contribution in [0.2, 0.25) is 0 Å². The number of nitrogens with one attached hydrogen (secondary N) is 1. The molecule has 182 valence electrons. The van der Waals surface area contributed by atoms with Crippen LogP contribution >= 0.6 is 0 Å². The number of aromatic nitrogens is 6. The number of nitrogen functional groups attached to an aromatic ring is 1. The van der Waals surface area contributed by atoms with Crippen molar-refractivity contribution in [1.29, 1.82) is 5.26 Å². The Bertz CT molecular complexity index is 1680. The number of amides is 1. The van der Waals surface area contributed by atoms with E-state index in [1.165, 1.54) is 0 Å². The second kappa shape index (κ2) is 9.13. The summed E-state index contributed by atoms with van der Waals surface area (Å²) >= 11 is 0. The van der Waals surface area contributed by atoms with Crippen molar-refractivity contribution in [2.75, 3.05) is 5.73 Å². The van der Waals surface area contributed by atoms with Gasteiger partial charge in [-0.05, 0) is 38.1 Å². The summed E-state index contributed by atoms with van der Waals surface area (Å²) in [7, 11) is 1.81. The Balaban J connectivity index is 1.61. The van der Waals surface area contributed by atoms with E-state index in [4.69, 9.17) is 10.7 Å². The summed E-state index contributed by atoms with van der Waals surface area (Å²) in [6.07, 6.45) is 0. The van der Waals surface area contributed by atoms with E-state index in [9.17, 15) is 10.1 Å². The van der Waals surface area contributed by atoms with Gasteiger partial charge in [0.1, 0.15) is 17.3 Å². The first kappa shape index (κ1) is 23.6. The first-order chi connectivity index (χ1) is 17.8. The minimum Gasteiger partial charge on any atom is -0.382 e. The lowest BCUT2D eigenvalue weighted by molar-refractivity contribution is 0.0906. The van der Waals surface area contributed by atoms with Crippen LogP contribution in [0.5, 0.6) is 0 Å². The highest BCUT2D eigenvalue weighted by Gasteiger charge is 2.28. The number of pyridine rings is 1. The molecule has 0 unspecified atom stereocenters. The maximum absolute atomic E-state index is 13.5. The van der Waals surface area contributed by atoms with Crippen LogP contribution in [0.4, 0.5) is 5.82 Å². The molecule has 0 saturated carbocycles. The molecule has 0 radical (unpaired) electrons. The van der Waals surface area contributed by atoms with Gasteiger partial charge in [-0.25, -0.2) is 19.6 Å². The lowest BCUT2D eigenvalue weighted by atomic mass is 9.99. The zero-order valence-electron chi connectivity index (χ0n) is 20.5. The largest absolute Gasteiger partial charge is 0.382 e. The normalized spacial score (nSPS) is 11.3. The molecule has 5 rings (SSSR count). The van der Waals surface area contributed by atoms with Gasteiger partial charge in [0.15, 0.2) is 11.5 Å². The molecule has 1 amide bonds. The van der Waals surface area contributed by atoms with E-state index >= 15 is 0 Å². The Morgan fingerprint density at radius 2 is 1.73 bits per heavy atom. The lowest BCUT2D eigenvalue weighted by Gasteiger charge is -2.26. The van der Waals surface area contributed by atoms with E-state index in [2.05, 4.69) is 25.6 Å². The molecule has 0 saturated heterocycles. The molecule has 3 heterocycles. The molecule has 0 aliphatic rings. The summed E-state index contributed by atoms with van der Waals surface area (Å²) in [6, 6.07) is 22.2. The maximum atomic E-state index is 13.5. The zero-order chi connectivity index (χ0) is 26.2. The van der Waals surface area contributed by atoms with Gasteiger partial charge in [-0.3, -0.25) is 4.79 Å². The van der Waals surface area contributed by atoms with E-state index in [0.29, 0.717) is 17.1 Å². The fraction of sp³-hybridized carbons (Fsp3) is 0.148. The number of carbonyl (C=O) groups is 1. The molecule has 0 spiro atoms. The zero-order valence-corrected chi connectivity index (χ0v) is 20.5. The third-order valence-electron chi connectivity index (χ3n) is 6.00. The number of rotatable bonds is 5. The van der Waals surface area contributed by atoms with Crippen LogP contribution in [-0.2, 0) is 12.6 Å². The van der Waals surface area contributed by atoms with Crippen molar-refractivity contribution in [2.24, 2.45) is 7.05 Å². The van der Waals surface area contributed by atoms with Gasteiger partial charge < -0.3 is 11.1 Å². The van der Waals surface area contributed by atoms with Crippen molar-refractivity contribution < 1.29 is 4.79 Å². The molecule has 0 aliphatic heterocycles. The number of nitriles is 1. The monoisotopic (exact) mass is 489 g/mol. The summed E-state index contributed by atoms with van der Waals surface area (Å²) in [5.41, 5.74) is 10.3. The van der Waals surface area contributed by atoms with Crippen molar-refractivity contribution in [2.45, 2.75) is 19.4 Å². The molecular weight excluding hydrogens is 466 g/mol. The number of nitrogens with two attached hydrogens (primary N) is 1. The van der Waals surface area contributed by atoms with E-state index in [0.717, 1.165) is 22.2 Å². The molecule has 5 aromatic rings. The summed E-state index contributed by atoms with van der Waals surface area (Å²) in [5.74, 6) is -0.513. The van der Waals surface area contributed by atoms with Crippen molar-refractivity contribution >= 4 is 22.8 Å². The number of fused-ring (bicyclic) bond motifs is 1. The first-order valence-corrected chi connectivity index (χ1v) is 11.5. The molecule has 3 N–H and O–H groups in total. The third kappa shape index (κ3) is 4.46. The van der Waals surface area contributed by atoms with E-state index in [1.807, 2.05) is 61.6 Å². The van der Waals surface area contributed by atoms with E-state index < -0.39 is 11.4 Å². The first-order valence-electron chi connectivity index (χ1n) is 11.5. The smallest absolute Gasteiger partial charge is 0.274 e. The molecule has 3 aromatic heterocycles. The minimum absolute atomic E-state index is 0.00193. The Morgan fingerprint density at radius 1 is 0.973 bits per heavy atom. The van der Waals surface area contributed by atoms with Crippen LogP contribution in [-0.4, -0.2) is 35.9 Å². The van der Waals surface area contributed by atoms with Gasteiger partial charge in [0.2, 0.25) is 0 Å². The van der Waals surface area contributed by atoms with Crippen molar-refractivity contribution in [3.8, 4) is 28.6 Å². The highest BCUT2D eigenvalue weighted by molar-refractivity contribution is 5.98. The lowest BCUT2D eigenvalue weighted by Crippen LogP contribution is -2.42. The predicted octanol–water partition coefficient (Wildman–Crippen LogP) is 3.61. The van der Waals surface area contributed by atoms with Crippen molar-refractivity contribution in [3.05, 3.63) is 83.8 Å². The van der Waals surface area contributed by atoms with Crippen LogP contribution in [0.25, 0.3) is 33.5 Å². The van der Waals surface area contributed by atoms with Crippen LogP contribution in [0.3, 0.4) is 0 Å². The summed E-state index contributed by atoms with van der Waals surface area (Å²) in [4.78, 5) is 27.1. The summed E-state index contributed by atoms with van der Waals surface area (Å²) in [5, 5.41) is 20.4. The average molecular weight is 490 g/mol. The Kier molecular flexibility index (Phi) is 5.81. The van der Waals surface area contributed by atoms with Crippen LogP contribution in [0.1, 0.15) is 35.7 Å². The highest BCUT2D eigenvalue weighted by Crippen LogP contribution is 2.32. The standard InChI is InChI=1S/C27H23N9O/c1-27(2,21-11-7-10-18(15-28)30-21)33-26(37)24-25(29)32-22(16-8-5-4-6-9-16)23(31-24)17-12-13-19-20(14-17)36(3)35-34-19/h4-14H,1-3H3,(H2,29,32)(H,33,37). The second-order valence-corrected chi connectivity index (χ2v) is 9.04. The molecule has 0 aliphatic carbocycles. The number of benzene rings is 2. The number of hydrogen-bond donors (Lipinski definition) is 2. The number of carbonyl (C=O) groups excluding carboxylic acids is 1. The molecule has 10 heteroatoms. The highest BCUT2D eigenvalue weighted by atomic mass is 16.2. The van der Waals surface area contributed by atoms with Gasteiger partial charge in [0.25, 0.3) is 5.91 Å². The molecule has 0 fully saturated rings. The Hall–Kier alpha value is -5.17. The molecule has 37 heavy (non-hydrogen) atoms. The van der Waals surface area contributed by atoms with Gasteiger partial charge in [0, 0.05) is 18.2 Å². The van der Waals surface area contributed by atoms with Gasteiger partial charge in [-0.1, -0.05) is 47.7 Å². The molecular formula is C27H23N9O. The molecule has 0 bridgehead atoms. The molecule has 0 atom stereocenters. The van der Waals surface area contributed by atoms with E-state index in [1.54, 1.807) is 36.7 Å². The second-order valence-electron chi connectivity index (χ2n) is 9.04.